The highest BCUT2D eigenvalue weighted by molar-refractivity contribution is 5.76. The number of rotatable bonds is 6. The van der Waals surface area contributed by atoms with Crippen molar-refractivity contribution < 1.29 is 34.4 Å². The van der Waals surface area contributed by atoms with Gasteiger partial charge in [-0.2, -0.15) is 4.98 Å². The minimum Gasteiger partial charge on any atom is -0.481 e. The molecule has 27 heavy (non-hydrogen) atoms. The van der Waals surface area contributed by atoms with Crippen LogP contribution in [0.2, 0.25) is 0 Å². The van der Waals surface area contributed by atoms with Crippen LogP contribution in [0.5, 0.6) is 0 Å². The Hall–Kier alpha value is -3.03. The third kappa shape index (κ3) is 3.60. The van der Waals surface area contributed by atoms with Crippen LogP contribution in [0.3, 0.4) is 0 Å². The van der Waals surface area contributed by atoms with Gasteiger partial charge in [-0.3, -0.25) is 23.9 Å². The average Bonchev–Trinajstić information content (AvgIpc) is 3.15. The van der Waals surface area contributed by atoms with E-state index >= 15 is 0 Å². The number of H-pyrrole nitrogens is 1. The molecule has 0 aliphatic carbocycles. The highest BCUT2D eigenvalue weighted by Gasteiger charge is 2.47. The van der Waals surface area contributed by atoms with Gasteiger partial charge in [-0.1, -0.05) is 0 Å². The van der Waals surface area contributed by atoms with E-state index in [1.807, 2.05) is 0 Å². The van der Waals surface area contributed by atoms with Crippen molar-refractivity contribution >= 4 is 29.1 Å². The normalized spacial score (nSPS) is 25.0. The molecule has 2 aromatic heterocycles. The van der Waals surface area contributed by atoms with Crippen molar-refractivity contribution in [3.05, 3.63) is 16.7 Å². The number of ether oxygens (including phenoxy) is 2. The molecule has 0 aromatic carbocycles. The van der Waals surface area contributed by atoms with E-state index in [2.05, 4.69) is 15.0 Å². The molecule has 13 heteroatoms. The number of nitrogens with two attached hydrogens (primary N) is 1. The molecule has 13 nitrogen and oxygen atoms in total. The minimum atomic E-state index is -1.40. The Morgan fingerprint density at radius 2 is 2.15 bits per heavy atom. The molecule has 6 N–H and O–H groups in total. The first-order chi connectivity index (χ1) is 12.8. The monoisotopic (exact) mass is 383 g/mol. The van der Waals surface area contributed by atoms with Crippen LogP contribution in [-0.2, 0) is 19.1 Å². The Morgan fingerprint density at radius 3 is 2.81 bits per heavy atom. The predicted octanol–water partition coefficient (Wildman–Crippen LogP) is -2.27. The Bertz CT molecular complexity index is 924. The number of carboxylic acid groups (broad SMARTS) is 1. The summed E-state index contributed by atoms with van der Waals surface area (Å²) in [6.07, 6.45) is -4.59. The van der Waals surface area contributed by atoms with Crippen molar-refractivity contribution in [1.82, 2.24) is 19.5 Å². The first kappa shape index (κ1) is 18.8. The topological polar surface area (TPSA) is 203 Å². The van der Waals surface area contributed by atoms with Crippen molar-refractivity contribution in [2.45, 2.75) is 37.4 Å². The lowest BCUT2D eigenvalue weighted by atomic mass is 10.1. The number of fused-ring (bicyclic) bond motifs is 1. The van der Waals surface area contributed by atoms with Gasteiger partial charge in [0.1, 0.15) is 12.2 Å². The van der Waals surface area contributed by atoms with Gasteiger partial charge in [0.25, 0.3) is 5.56 Å². The minimum absolute atomic E-state index is 0.0265. The summed E-state index contributed by atoms with van der Waals surface area (Å²) in [6.45, 7) is -0.566. The molecule has 0 saturated carbocycles. The van der Waals surface area contributed by atoms with Gasteiger partial charge >= 0.3 is 11.9 Å². The van der Waals surface area contributed by atoms with Crippen molar-refractivity contribution in [1.29, 1.82) is 0 Å². The number of esters is 1. The molecule has 0 unspecified atom stereocenters. The summed E-state index contributed by atoms with van der Waals surface area (Å²) >= 11 is 0. The van der Waals surface area contributed by atoms with E-state index in [0.717, 1.165) is 0 Å². The van der Waals surface area contributed by atoms with Crippen LogP contribution in [-0.4, -0.2) is 71.7 Å². The molecular weight excluding hydrogens is 366 g/mol. The zero-order valence-corrected chi connectivity index (χ0v) is 13.8. The largest absolute Gasteiger partial charge is 0.481 e. The number of aliphatic hydroxyl groups is 2. The maximum atomic E-state index is 11.9. The molecule has 0 spiro atoms. The van der Waals surface area contributed by atoms with Gasteiger partial charge in [0, 0.05) is 0 Å². The number of aliphatic carboxylic acids is 1. The number of anilines is 1. The van der Waals surface area contributed by atoms with Crippen molar-refractivity contribution in [2.75, 3.05) is 12.3 Å². The zero-order chi connectivity index (χ0) is 19.7. The van der Waals surface area contributed by atoms with E-state index in [1.54, 1.807) is 0 Å². The van der Waals surface area contributed by atoms with Crippen molar-refractivity contribution in [3.8, 4) is 0 Å². The smallest absolute Gasteiger partial charge is 0.306 e. The van der Waals surface area contributed by atoms with Gasteiger partial charge in [0.05, 0.1) is 25.8 Å². The number of aromatic amines is 1. The summed E-state index contributed by atoms with van der Waals surface area (Å²) in [4.78, 5) is 44.5. The molecule has 1 aliphatic rings. The summed E-state index contributed by atoms with van der Waals surface area (Å²) in [6, 6.07) is 0. The summed E-state index contributed by atoms with van der Waals surface area (Å²) in [7, 11) is 0. The van der Waals surface area contributed by atoms with Crippen LogP contribution < -0.4 is 11.3 Å². The quantitative estimate of drug-likeness (QED) is 0.336. The lowest BCUT2D eigenvalue weighted by Crippen LogP contribution is -2.37. The first-order valence-electron chi connectivity index (χ1n) is 7.89. The fraction of sp³-hybridized carbons (Fsp3) is 0.500. The van der Waals surface area contributed by atoms with Gasteiger partial charge in [-0.15, -0.1) is 0 Å². The molecule has 3 rings (SSSR count). The van der Waals surface area contributed by atoms with Crippen LogP contribution in [0.4, 0.5) is 5.95 Å². The van der Waals surface area contributed by atoms with Crippen LogP contribution >= 0.6 is 0 Å². The lowest BCUT2D eigenvalue weighted by Gasteiger charge is -2.21. The van der Waals surface area contributed by atoms with Gasteiger partial charge in [0.2, 0.25) is 5.95 Å². The molecule has 0 bridgehead atoms. The summed E-state index contributed by atoms with van der Waals surface area (Å²) in [5.74, 6) is -2.23. The molecule has 4 atom stereocenters. The second kappa shape index (κ2) is 7.30. The highest BCUT2D eigenvalue weighted by Crippen LogP contribution is 2.33. The van der Waals surface area contributed by atoms with Gasteiger partial charge in [0.15, 0.2) is 23.5 Å². The van der Waals surface area contributed by atoms with Crippen LogP contribution in [0.25, 0.3) is 11.2 Å². The Morgan fingerprint density at radius 1 is 1.41 bits per heavy atom. The highest BCUT2D eigenvalue weighted by atomic mass is 16.6. The number of nitrogens with zero attached hydrogens (tertiary/aromatic N) is 3. The van der Waals surface area contributed by atoms with Gasteiger partial charge in [-0.05, 0) is 0 Å². The molecule has 2 aromatic rings. The van der Waals surface area contributed by atoms with E-state index in [-0.39, 0.29) is 17.1 Å². The average molecular weight is 383 g/mol. The molecule has 0 radical (unpaired) electrons. The third-order valence-electron chi connectivity index (χ3n) is 4.03. The molecule has 146 valence electrons. The number of hydrogen-bond donors (Lipinski definition) is 5. The molecule has 3 heterocycles. The molecule has 1 aliphatic heterocycles. The van der Waals surface area contributed by atoms with Crippen LogP contribution in [0, 0.1) is 0 Å². The summed E-state index contributed by atoms with van der Waals surface area (Å²) < 4.78 is 11.9. The molecular formula is C14H17N5O8. The number of carbonyl (C=O) groups is 2. The van der Waals surface area contributed by atoms with Gasteiger partial charge in [-0.25, -0.2) is 4.98 Å². The zero-order valence-electron chi connectivity index (χ0n) is 13.8. The van der Waals surface area contributed by atoms with E-state index in [9.17, 15) is 24.6 Å². The standard InChI is InChI=1S/C14H17N5O8/c15-14-17-11-8(12(25)18-14)16-4-19(11)13-10(9(24)5(3-20)26-13)27-7(23)2-1-6(21)22/h4-5,9-10,13,20,24H,1-3H2,(H,21,22)(H3,15,17,18,25)/t5-,9-,10-,13-/m1/s1. The van der Waals surface area contributed by atoms with Gasteiger partial charge < -0.3 is 30.5 Å². The second-order valence-electron chi connectivity index (χ2n) is 5.86. The third-order valence-corrected chi connectivity index (χ3v) is 4.03. The van der Waals surface area contributed by atoms with E-state index in [1.165, 1.54) is 10.9 Å². The van der Waals surface area contributed by atoms with E-state index < -0.39 is 61.5 Å². The number of aromatic nitrogens is 4. The number of nitrogens with one attached hydrogen (secondary N) is 1. The summed E-state index contributed by atoms with van der Waals surface area (Å²) in [5.41, 5.74) is 4.92. The Kier molecular flexibility index (Phi) is 5.07. The Balaban J connectivity index is 1.93. The van der Waals surface area contributed by atoms with Crippen molar-refractivity contribution in [2.24, 2.45) is 0 Å². The lowest BCUT2D eigenvalue weighted by molar-refractivity contribution is -0.160. The number of aliphatic hydroxyl groups excluding tert-OH is 2. The number of hydrogen-bond acceptors (Lipinski definition) is 10. The van der Waals surface area contributed by atoms with Crippen LogP contribution in [0.15, 0.2) is 11.1 Å². The predicted molar refractivity (Wildman–Crippen MR) is 86.3 cm³/mol. The fourth-order valence-corrected chi connectivity index (χ4v) is 2.77. The number of imidazole rings is 1. The SMILES string of the molecule is Nc1nc2c(ncn2[C@@H]2O[C@H](CO)[C@@H](O)[C@H]2OC(=O)CCC(=O)O)c(=O)[nH]1. The summed E-state index contributed by atoms with van der Waals surface area (Å²) in [5, 5.41) is 28.3. The second-order valence-corrected chi connectivity index (χ2v) is 5.86. The van der Waals surface area contributed by atoms with Crippen LogP contribution in [0.1, 0.15) is 19.1 Å². The Labute approximate surface area is 150 Å². The molecule has 1 fully saturated rings. The number of carbonyl (C=O) groups excluding carboxylic acids is 1. The van der Waals surface area contributed by atoms with Crippen molar-refractivity contribution in [3.63, 3.8) is 0 Å². The maximum Gasteiger partial charge on any atom is 0.306 e. The maximum absolute atomic E-state index is 11.9. The fourth-order valence-electron chi connectivity index (χ4n) is 2.77. The first-order valence-corrected chi connectivity index (χ1v) is 7.89. The van der Waals surface area contributed by atoms with E-state index in [4.69, 9.17) is 20.3 Å². The molecule has 1 saturated heterocycles. The number of nitrogen functional groups attached to an aromatic ring is 1. The number of carboxylic acids is 1. The molecule has 0 amide bonds. The van der Waals surface area contributed by atoms with E-state index in [0.29, 0.717) is 0 Å².